The Bertz CT molecular complexity index is 1270. The van der Waals surface area contributed by atoms with Crippen LogP contribution in [0.5, 0.6) is 0 Å². The van der Waals surface area contributed by atoms with E-state index in [2.05, 4.69) is 20.5 Å². The normalized spacial score (nSPS) is 21.7. The van der Waals surface area contributed by atoms with Crippen LogP contribution in [0.15, 0.2) is 47.5 Å². The second kappa shape index (κ2) is 8.49. The molecule has 5 rings (SSSR count). The van der Waals surface area contributed by atoms with Crippen LogP contribution in [0.1, 0.15) is 26.3 Å². The Balaban J connectivity index is 1.41. The summed E-state index contributed by atoms with van der Waals surface area (Å²) in [6, 6.07) is 9.28. The molecule has 2 fully saturated rings. The molecular formula is C24H28N6O3. The maximum absolute atomic E-state index is 13.1. The van der Waals surface area contributed by atoms with Crippen molar-refractivity contribution < 1.29 is 9.59 Å². The number of benzene rings is 1. The van der Waals surface area contributed by atoms with Crippen LogP contribution >= 0.6 is 0 Å². The van der Waals surface area contributed by atoms with E-state index in [0.29, 0.717) is 23.9 Å². The number of fused-ring (bicyclic) bond motifs is 2. The van der Waals surface area contributed by atoms with E-state index in [1.165, 1.54) is 17.7 Å². The molecule has 172 valence electrons. The molecule has 1 aliphatic carbocycles. The minimum atomic E-state index is -0.510. The molecule has 5 N–H and O–H groups in total. The van der Waals surface area contributed by atoms with Gasteiger partial charge in [-0.3, -0.25) is 14.4 Å². The Morgan fingerprint density at radius 3 is 2.70 bits per heavy atom. The average molecular weight is 449 g/mol. The highest BCUT2D eigenvalue weighted by Gasteiger charge is 2.56. The first-order chi connectivity index (χ1) is 16.0. The molecule has 0 radical (unpaired) electrons. The van der Waals surface area contributed by atoms with Gasteiger partial charge < -0.3 is 30.8 Å². The smallest absolute Gasteiger partial charge is 0.263 e. The van der Waals surface area contributed by atoms with Crippen molar-refractivity contribution in [1.82, 2.24) is 25.1 Å². The molecule has 2 aliphatic rings. The molecule has 9 nitrogen and oxygen atoms in total. The Kier molecular flexibility index (Phi) is 5.51. The summed E-state index contributed by atoms with van der Waals surface area (Å²) in [7, 11) is 1.47. The number of nitrogens with two attached hydrogens (primary N) is 1. The number of amides is 2. The van der Waals surface area contributed by atoms with E-state index < -0.39 is 11.5 Å². The van der Waals surface area contributed by atoms with E-state index in [1.807, 2.05) is 30.5 Å². The predicted octanol–water partition coefficient (Wildman–Crippen LogP) is 0.356. The third-order valence-corrected chi connectivity index (χ3v) is 6.86. The highest BCUT2D eigenvalue weighted by Crippen LogP contribution is 2.45. The van der Waals surface area contributed by atoms with Gasteiger partial charge in [-0.25, -0.2) is 0 Å². The van der Waals surface area contributed by atoms with Gasteiger partial charge in [0, 0.05) is 62.6 Å². The molecule has 2 aromatic heterocycles. The van der Waals surface area contributed by atoms with Crippen molar-refractivity contribution in [2.24, 2.45) is 17.6 Å². The molecule has 1 saturated heterocycles. The van der Waals surface area contributed by atoms with E-state index in [0.717, 1.165) is 36.1 Å². The number of carbonyl (C=O) groups excluding carboxylic acids is 2. The first-order valence-corrected chi connectivity index (χ1v) is 11.2. The van der Waals surface area contributed by atoms with Crippen molar-refractivity contribution >= 4 is 22.7 Å². The van der Waals surface area contributed by atoms with Gasteiger partial charge in [-0.1, -0.05) is 12.1 Å². The third-order valence-electron chi connectivity index (χ3n) is 6.86. The van der Waals surface area contributed by atoms with Crippen molar-refractivity contribution in [3.05, 3.63) is 69.8 Å². The molecular weight excluding hydrogens is 420 g/mol. The number of pyridine rings is 1. The molecule has 3 heterocycles. The summed E-state index contributed by atoms with van der Waals surface area (Å²) in [4.78, 5) is 44.0. The molecule has 0 bridgehead atoms. The number of nitrogens with one attached hydrogen (secondary N) is 3. The Morgan fingerprint density at radius 2 is 1.97 bits per heavy atom. The molecule has 9 heteroatoms. The molecule has 1 saturated carbocycles. The van der Waals surface area contributed by atoms with E-state index >= 15 is 0 Å². The van der Waals surface area contributed by atoms with E-state index in [1.54, 1.807) is 6.20 Å². The second-order valence-corrected chi connectivity index (χ2v) is 8.89. The second-order valence-electron chi connectivity index (χ2n) is 8.89. The number of aromatic amines is 1. The SMILES string of the molecule is CNC(=O)c1cc(C(=O)N[C@H]2[C@@H]3CN(CCN)C[C@@H]32)cn(Cc2cccc3[nH]ccc23)c1=O. The highest BCUT2D eigenvalue weighted by atomic mass is 16.2. The number of hydrogen-bond donors (Lipinski definition) is 4. The lowest BCUT2D eigenvalue weighted by Crippen LogP contribution is -2.37. The van der Waals surface area contributed by atoms with Crippen LogP contribution in [-0.4, -0.2) is 65.5 Å². The van der Waals surface area contributed by atoms with Crippen molar-refractivity contribution in [2.45, 2.75) is 12.6 Å². The lowest BCUT2D eigenvalue weighted by molar-refractivity contribution is 0.0942. The van der Waals surface area contributed by atoms with Crippen LogP contribution < -0.4 is 21.9 Å². The maximum atomic E-state index is 13.1. The van der Waals surface area contributed by atoms with E-state index in [4.69, 9.17) is 5.73 Å². The molecule has 33 heavy (non-hydrogen) atoms. The number of nitrogens with zero attached hydrogens (tertiary/aromatic N) is 2. The number of rotatable bonds is 7. The zero-order chi connectivity index (χ0) is 23.1. The number of piperidine rings is 1. The molecule has 0 spiro atoms. The van der Waals surface area contributed by atoms with Crippen molar-refractivity contribution in [3.63, 3.8) is 0 Å². The first kappa shape index (κ1) is 21.4. The lowest BCUT2D eigenvalue weighted by atomic mass is 10.1. The maximum Gasteiger partial charge on any atom is 0.263 e. The Morgan fingerprint density at radius 1 is 1.18 bits per heavy atom. The summed E-state index contributed by atoms with van der Waals surface area (Å²) in [5, 5.41) is 6.60. The number of likely N-dealkylation sites (tertiary alicyclic amines) is 1. The van der Waals surface area contributed by atoms with Gasteiger partial charge in [-0.05, 0) is 35.6 Å². The topological polar surface area (TPSA) is 125 Å². The van der Waals surface area contributed by atoms with Gasteiger partial charge in [0.15, 0.2) is 0 Å². The van der Waals surface area contributed by atoms with Crippen LogP contribution in [0.25, 0.3) is 10.9 Å². The number of carbonyl (C=O) groups is 2. The number of aromatic nitrogens is 2. The minimum Gasteiger partial charge on any atom is -0.361 e. The molecule has 3 atom stereocenters. The van der Waals surface area contributed by atoms with Gasteiger partial charge in [0.1, 0.15) is 5.56 Å². The zero-order valence-electron chi connectivity index (χ0n) is 18.5. The summed E-state index contributed by atoms with van der Waals surface area (Å²) in [5.74, 6) is 0.106. The van der Waals surface area contributed by atoms with Gasteiger partial charge in [-0.15, -0.1) is 0 Å². The molecule has 0 unspecified atom stereocenters. The van der Waals surface area contributed by atoms with Gasteiger partial charge in [-0.2, -0.15) is 0 Å². The molecule has 3 aromatic rings. The fourth-order valence-electron chi connectivity index (χ4n) is 5.07. The monoisotopic (exact) mass is 448 g/mol. The lowest BCUT2D eigenvalue weighted by Gasteiger charge is -2.19. The van der Waals surface area contributed by atoms with Gasteiger partial charge in [0.25, 0.3) is 17.4 Å². The average Bonchev–Trinajstić information content (AvgIpc) is 3.18. The summed E-state index contributed by atoms with van der Waals surface area (Å²) in [5.41, 5.74) is 7.36. The number of H-pyrrole nitrogens is 1. The summed E-state index contributed by atoms with van der Waals surface area (Å²) in [6.45, 7) is 3.65. The van der Waals surface area contributed by atoms with Crippen LogP contribution in [0.4, 0.5) is 0 Å². The van der Waals surface area contributed by atoms with Crippen LogP contribution in [-0.2, 0) is 6.54 Å². The molecule has 2 amide bonds. The van der Waals surface area contributed by atoms with Crippen LogP contribution in [0.2, 0.25) is 0 Å². The Labute approximate surface area is 190 Å². The fraction of sp³-hybridized carbons (Fsp3) is 0.375. The zero-order valence-corrected chi connectivity index (χ0v) is 18.5. The molecule has 1 aliphatic heterocycles. The van der Waals surface area contributed by atoms with Crippen molar-refractivity contribution in [3.8, 4) is 0 Å². The van der Waals surface area contributed by atoms with E-state index in [9.17, 15) is 14.4 Å². The van der Waals surface area contributed by atoms with Gasteiger partial charge >= 0.3 is 0 Å². The van der Waals surface area contributed by atoms with Crippen LogP contribution in [0, 0.1) is 11.8 Å². The third kappa shape index (κ3) is 3.94. The van der Waals surface area contributed by atoms with Crippen LogP contribution in [0.3, 0.4) is 0 Å². The molecule has 1 aromatic carbocycles. The fourth-order valence-corrected chi connectivity index (χ4v) is 5.07. The van der Waals surface area contributed by atoms with Crippen molar-refractivity contribution in [2.75, 3.05) is 33.2 Å². The Hall–Kier alpha value is -3.43. The minimum absolute atomic E-state index is 0.0449. The highest BCUT2D eigenvalue weighted by molar-refractivity contribution is 5.99. The predicted molar refractivity (Wildman–Crippen MR) is 125 cm³/mol. The van der Waals surface area contributed by atoms with Gasteiger partial charge in [0.2, 0.25) is 0 Å². The van der Waals surface area contributed by atoms with E-state index in [-0.39, 0.29) is 24.1 Å². The summed E-state index contributed by atoms with van der Waals surface area (Å²) < 4.78 is 1.44. The summed E-state index contributed by atoms with van der Waals surface area (Å²) >= 11 is 0. The quantitative estimate of drug-likeness (QED) is 0.415. The first-order valence-electron chi connectivity index (χ1n) is 11.2. The standard InChI is InChI=1S/C24H28N6O3/c1-26-23(32)17-9-15(22(31)28-21-18-12-29(8-6-25)13-19(18)21)11-30(24(17)33)10-14-3-2-4-20-16(14)5-7-27-20/h2-5,7,9,11,18-19,21,27H,6,8,10,12-13,25H2,1H3,(H,26,32)(H,28,31)/t18-,19+,21+. The largest absolute Gasteiger partial charge is 0.361 e. The summed E-state index contributed by atoms with van der Waals surface area (Å²) in [6.07, 6.45) is 3.40. The van der Waals surface area contributed by atoms with Gasteiger partial charge in [0.05, 0.1) is 12.1 Å². The number of hydrogen-bond acceptors (Lipinski definition) is 5. The van der Waals surface area contributed by atoms with Crippen molar-refractivity contribution in [1.29, 1.82) is 0 Å².